The summed E-state index contributed by atoms with van der Waals surface area (Å²) in [5.41, 5.74) is 0. The number of rotatable bonds is 2. The van der Waals surface area contributed by atoms with E-state index in [-0.39, 0.29) is 17.7 Å². The molecule has 6 heteroatoms. The van der Waals surface area contributed by atoms with Crippen LogP contribution in [-0.4, -0.2) is 58.9 Å². The molecule has 0 bridgehead atoms. The maximum atomic E-state index is 12.4. The summed E-state index contributed by atoms with van der Waals surface area (Å²) in [6.45, 7) is 3.80. The van der Waals surface area contributed by atoms with Gasteiger partial charge in [-0.15, -0.1) is 0 Å². The van der Waals surface area contributed by atoms with Crippen molar-refractivity contribution >= 4 is 17.8 Å². The third-order valence-electron chi connectivity index (χ3n) is 4.37. The van der Waals surface area contributed by atoms with Crippen LogP contribution in [0.5, 0.6) is 0 Å². The second kappa shape index (κ2) is 6.24. The Labute approximate surface area is 118 Å². The van der Waals surface area contributed by atoms with Crippen LogP contribution in [-0.2, 0) is 14.4 Å². The zero-order chi connectivity index (χ0) is 14.7. The maximum Gasteiger partial charge on any atom is 0.308 e. The largest absolute Gasteiger partial charge is 0.481 e. The van der Waals surface area contributed by atoms with Crippen molar-refractivity contribution in [2.75, 3.05) is 26.2 Å². The highest BCUT2D eigenvalue weighted by Gasteiger charge is 2.33. The summed E-state index contributed by atoms with van der Waals surface area (Å²) in [4.78, 5) is 38.2. The molecule has 6 nitrogen and oxygen atoms in total. The van der Waals surface area contributed by atoms with Crippen molar-refractivity contribution in [2.24, 2.45) is 11.8 Å². The predicted octanol–water partition coefficient (Wildman–Crippen LogP) is 0.568. The smallest absolute Gasteiger partial charge is 0.308 e. The molecular weight excluding hydrogens is 260 g/mol. The van der Waals surface area contributed by atoms with Crippen LogP contribution in [0.4, 0.5) is 0 Å². The van der Waals surface area contributed by atoms with Crippen LogP contribution in [0.15, 0.2) is 0 Å². The lowest BCUT2D eigenvalue weighted by atomic mass is 9.92. The van der Waals surface area contributed by atoms with Gasteiger partial charge in [0.25, 0.3) is 0 Å². The van der Waals surface area contributed by atoms with Crippen LogP contribution in [0.3, 0.4) is 0 Å². The standard InChI is InChI=1S/C14H22N2O4/c1-10(17)15-7-4-11(5-8-15)13(18)16-6-2-3-12(9-16)14(19)20/h11-12H,2-9H2,1H3,(H,19,20)/t12-/m0/s1. The molecular formula is C14H22N2O4. The van der Waals surface area contributed by atoms with E-state index < -0.39 is 11.9 Å². The third-order valence-corrected chi connectivity index (χ3v) is 4.37. The first-order valence-corrected chi connectivity index (χ1v) is 7.26. The highest BCUT2D eigenvalue weighted by Crippen LogP contribution is 2.23. The fourth-order valence-corrected chi connectivity index (χ4v) is 3.08. The van der Waals surface area contributed by atoms with Gasteiger partial charge in [-0.3, -0.25) is 14.4 Å². The molecule has 20 heavy (non-hydrogen) atoms. The van der Waals surface area contributed by atoms with Crippen LogP contribution < -0.4 is 0 Å². The Morgan fingerprint density at radius 1 is 0.950 bits per heavy atom. The summed E-state index contributed by atoms with van der Waals surface area (Å²) in [5, 5.41) is 9.06. The van der Waals surface area contributed by atoms with Crippen molar-refractivity contribution < 1.29 is 19.5 Å². The number of hydrogen-bond acceptors (Lipinski definition) is 3. The van der Waals surface area contributed by atoms with Crippen molar-refractivity contribution in [1.82, 2.24) is 9.80 Å². The van der Waals surface area contributed by atoms with Crippen LogP contribution in [0.1, 0.15) is 32.6 Å². The minimum absolute atomic E-state index is 0.0554. The second-order valence-electron chi connectivity index (χ2n) is 5.74. The Bertz CT molecular complexity index is 402. The van der Waals surface area contributed by atoms with E-state index in [2.05, 4.69) is 0 Å². The Morgan fingerprint density at radius 3 is 2.15 bits per heavy atom. The Kier molecular flexibility index (Phi) is 4.62. The number of hydrogen-bond donors (Lipinski definition) is 1. The van der Waals surface area contributed by atoms with Crippen molar-refractivity contribution in [3.05, 3.63) is 0 Å². The number of carboxylic acid groups (broad SMARTS) is 1. The van der Waals surface area contributed by atoms with Crippen LogP contribution in [0, 0.1) is 11.8 Å². The first-order valence-electron chi connectivity index (χ1n) is 7.26. The minimum atomic E-state index is -0.811. The highest BCUT2D eigenvalue weighted by molar-refractivity contribution is 5.81. The summed E-state index contributed by atoms with van der Waals surface area (Å²) in [6.07, 6.45) is 2.79. The van der Waals surface area contributed by atoms with Gasteiger partial charge in [0.2, 0.25) is 11.8 Å². The Morgan fingerprint density at radius 2 is 1.60 bits per heavy atom. The second-order valence-corrected chi connectivity index (χ2v) is 5.74. The Balaban J connectivity index is 1.88. The zero-order valence-corrected chi connectivity index (χ0v) is 11.9. The van der Waals surface area contributed by atoms with Gasteiger partial charge in [0.1, 0.15) is 0 Å². The lowest BCUT2D eigenvalue weighted by Gasteiger charge is -2.36. The normalized spacial score (nSPS) is 24.6. The van der Waals surface area contributed by atoms with E-state index in [1.807, 2.05) is 0 Å². The van der Waals surface area contributed by atoms with Crippen molar-refractivity contribution in [3.63, 3.8) is 0 Å². The molecule has 0 saturated carbocycles. The van der Waals surface area contributed by atoms with E-state index in [0.29, 0.717) is 45.4 Å². The highest BCUT2D eigenvalue weighted by atomic mass is 16.4. The van der Waals surface area contributed by atoms with Gasteiger partial charge in [-0.25, -0.2) is 0 Å². The predicted molar refractivity (Wildman–Crippen MR) is 71.9 cm³/mol. The molecule has 1 N–H and O–H groups in total. The molecule has 2 fully saturated rings. The number of likely N-dealkylation sites (tertiary alicyclic amines) is 2. The van der Waals surface area contributed by atoms with Crippen LogP contribution in [0.25, 0.3) is 0 Å². The van der Waals surface area contributed by atoms with Gasteiger partial charge in [0.15, 0.2) is 0 Å². The van der Waals surface area contributed by atoms with E-state index in [0.717, 1.165) is 6.42 Å². The molecule has 2 aliphatic rings. The van der Waals surface area contributed by atoms with Gasteiger partial charge in [0.05, 0.1) is 5.92 Å². The zero-order valence-electron chi connectivity index (χ0n) is 11.9. The molecule has 0 aromatic rings. The average Bonchev–Trinajstić information content (AvgIpc) is 2.46. The van der Waals surface area contributed by atoms with Gasteiger partial charge < -0.3 is 14.9 Å². The molecule has 112 valence electrons. The van der Waals surface area contributed by atoms with Crippen molar-refractivity contribution in [2.45, 2.75) is 32.6 Å². The molecule has 0 aromatic carbocycles. The van der Waals surface area contributed by atoms with Crippen LogP contribution >= 0.6 is 0 Å². The molecule has 0 spiro atoms. The number of carboxylic acids is 1. The Hall–Kier alpha value is -1.59. The first kappa shape index (κ1) is 14.8. The van der Waals surface area contributed by atoms with Gasteiger partial charge >= 0.3 is 5.97 Å². The maximum absolute atomic E-state index is 12.4. The SMILES string of the molecule is CC(=O)N1CCC(C(=O)N2CCC[C@H](C(=O)O)C2)CC1. The first-order chi connectivity index (χ1) is 9.49. The van der Waals surface area contributed by atoms with E-state index in [4.69, 9.17) is 5.11 Å². The number of amides is 2. The summed E-state index contributed by atoms with van der Waals surface area (Å²) < 4.78 is 0. The molecule has 2 heterocycles. The van der Waals surface area contributed by atoms with Crippen molar-refractivity contribution in [1.29, 1.82) is 0 Å². The summed E-state index contributed by atoms with van der Waals surface area (Å²) in [7, 11) is 0. The van der Waals surface area contributed by atoms with Gasteiger partial charge in [-0.05, 0) is 25.7 Å². The monoisotopic (exact) mass is 282 g/mol. The fourth-order valence-electron chi connectivity index (χ4n) is 3.08. The summed E-state index contributed by atoms with van der Waals surface area (Å²) in [6, 6.07) is 0. The molecule has 2 amide bonds. The number of piperidine rings is 2. The fraction of sp³-hybridized carbons (Fsp3) is 0.786. The number of carbonyl (C=O) groups is 3. The topological polar surface area (TPSA) is 77.9 Å². The molecule has 2 saturated heterocycles. The molecule has 2 rings (SSSR count). The summed E-state index contributed by atoms with van der Waals surface area (Å²) in [5.74, 6) is -1.17. The number of aliphatic carboxylic acids is 1. The van der Waals surface area contributed by atoms with Crippen LogP contribution in [0.2, 0.25) is 0 Å². The van der Waals surface area contributed by atoms with E-state index in [1.54, 1.807) is 16.7 Å². The quantitative estimate of drug-likeness (QED) is 0.803. The van der Waals surface area contributed by atoms with Gasteiger partial charge in [-0.2, -0.15) is 0 Å². The van der Waals surface area contributed by atoms with E-state index in [1.165, 1.54) is 0 Å². The number of carbonyl (C=O) groups excluding carboxylic acids is 2. The molecule has 0 aromatic heterocycles. The molecule has 0 radical (unpaired) electrons. The molecule has 1 atom stereocenters. The van der Waals surface area contributed by atoms with Crippen molar-refractivity contribution in [3.8, 4) is 0 Å². The lowest BCUT2D eigenvalue weighted by molar-refractivity contribution is -0.148. The summed E-state index contributed by atoms with van der Waals surface area (Å²) >= 11 is 0. The molecule has 2 aliphatic heterocycles. The van der Waals surface area contributed by atoms with E-state index in [9.17, 15) is 14.4 Å². The van der Waals surface area contributed by atoms with Gasteiger partial charge in [0, 0.05) is 39.0 Å². The number of nitrogens with zero attached hydrogens (tertiary/aromatic N) is 2. The molecule has 0 unspecified atom stereocenters. The third kappa shape index (κ3) is 3.29. The molecule has 0 aliphatic carbocycles. The van der Waals surface area contributed by atoms with E-state index >= 15 is 0 Å². The lowest BCUT2D eigenvalue weighted by Crippen LogP contribution is -2.48. The van der Waals surface area contributed by atoms with Gasteiger partial charge in [-0.1, -0.05) is 0 Å². The minimum Gasteiger partial charge on any atom is -0.481 e. The average molecular weight is 282 g/mol.